The van der Waals surface area contributed by atoms with Gasteiger partial charge in [0.25, 0.3) is 0 Å². The number of aliphatic hydroxyl groups is 1. The lowest BCUT2D eigenvalue weighted by Crippen LogP contribution is -2.50. The van der Waals surface area contributed by atoms with E-state index in [0.717, 1.165) is 40.7 Å². The predicted octanol–water partition coefficient (Wildman–Crippen LogP) is 6.06. The summed E-state index contributed by atoms with van der Waals surface area (Å²) >= 11 is 0. The third-order valence-electron chi connectivity index (χ3n) is 8.97. The largest absolute Gasteiger partial charge is 0.497 e. The van der Waals surface area contributed by atoms with Gasteiger partial charge in [-0.05, 0) is 72.2 Å². The summed E-state index contributed by atoms with van der Waals surface area (Å²) in [5.74, 6) is 1.25. The Balaban J connectivity index is 1.19. The number of H-pyrrole nitrogens is 1. The fourth-order valence-corrected chi connectivity index (χ4v) is 10.9. The van der Waals surface area contributed by atoms with Gasteiger partial charge in [0.1, 0.15) is 5.75 Å². The summed E-state index contributed by atoms with van der Waals surface area (Å²) in [6.07, 6.45) is 4.96. The Kier molecular flexibility index (Phi) is 8.97. The van der Waals surface area contributed by atoms with Gasteiger partial charge in [0.05, 0.1) is 33.8 Å². The quantitative estimate of drug-likeness (QED) is 0.191. The molecule has 3 N–H and O–H groups in total. The molecule has 1 saturated heterocycles. The minimum atomic E-state index is -1.89. The molecule has 6 nitrogen and oxygen atoms in total. The number of carbonyl (C=O) groups is 1. The van der Waals surface area contributed by atoms with Crippen LogP contribution in [0.3, 0.4) is 0 Å². The maximum atomic E-state index is 12.7. The number of aromatic nitrogens is 1. The highest BCUT2D eigenvalue weighted by molar-refractivity contribution is 6.91. The molecule has 41 heavy (non-hydrogen) atoms. The third-order valence-corrected chi connectivity index (χ3v) is 13.4. The summed E-state index contributed by atoms with van der Waals surface area (Å²) in [5, 5.41) is 15.3. The number of ether oxygens (including phenoxy) is 2. The lowest BCUT2D eigenvalue weighted by Gasteiger charge is -2.36. The van der Waals surface area contributed by atoms with Crippen molar-refractivity contribution in [2.75, 3.05) is 19.0 Å². The van der Waals surface area contributed by atoms with Crippen LogP contribution in [0.1, 0.15) is 30.9 Å². The summed E-state index contributed by atoms with van der Waals surface area (Å²) in [5.41, 5.74) is 4.49. The molecule has 5 rings (SSSR count). The van der Waals surface area contributed by atoms with Crippen molar-refractivity contribution in [2.24, 2.45) is 5.92 Å². The fourth-order valence-electron chi connectivity index (χ4n) is 6.76. The second kappa shape index (κ2) is 12.6. The van der Waals surface area contributed by atoms with Crippen molar-refractivity contribution in [3.8, 4) is 5.75 Å². The smallest absolute Gasteiger partial charge is 0.228 e. The Morgan fingerprint density at radius 1 is 1.00 bits per heavy atom. The lowest BCUT2D eigenvalue weighted by atomic mass is 9.95. The number of nitrogens with one attached hydrogen (secondary N) is 2. The number of rotatable bonds is 11. The Morgan fingerprint density at radius 2 is 1.73 bits per heavy atom. The summed E-state index contributed by atoms with van der Waals surface area (Å²) in [6, 6.07) is 24.7. The van der Waals surface area contributed by atoms with Gasteiger partial charge in [-0.25, -0.2) is 0 Å². The second-order valence-electron chi connectivity index (χ2n) is 11.9. The van der Waals surface area contributed by atoms with Gasteiger partial charge in [0, 0.05) is 29.4 Å². The number of benzene rings is 3. The number of para-hydroxylation sites is 1. The molecule has 216 valence electrons. The van der Waals surface area contributed by atoms with Crippen molar-refractivity contribution in [2.45, 2.75) is 63.5 Å². The van der Waals surface area contributed by atoms with Crippen LogP contribution in [0.5, 0.6) is 5.75 Å². The first-order chi connectivity index (χ1) is 19.8. The number of aryl methyl sites for hydroxylation is 1. The van der Waals surface area contributed by atoms with Crippen LogP contribution in [0.2, 0.25) is 18.6 Å². The highest BCUT2D eigenvalue weighted by atomic mass is 28.3. The van der Waals surface area contributed by atoms with Crippen LogP contribution >= 0.6 is 0 Å². The van der Waals surface area contributed by atoms with Gasteiger partial charge < -0.3 is 24.9 Å². The number of carbonyl (C=O) groups excluding carboxylic acids is 1. The number of amides is 1. The van der Waals surface area contributed by atoms with Gasteiger partial charge in [-0.1, -0.05) is 67.7 Å². The zero-order valence-electron chi connectivity index (χ0n) is 24.5. The normalized spacial score (nSPS) is 20.8. The van der Waals surface area contributed by atoms with E-state index in [1.807, 2.05) is 42.6 Å². The first-order valence-corrected chi connectivity index (χ1v) is 17.7. The van der Waals surface area contributed by atoms with Crippen molar-refractivity contribution in [3.63, 3.8) is 0 Å². The molecular formula is C34H42N2O4Si. The van der Waals surface area contributed by atoms with Crippen molar-refractivity contribution >= 4 is 35.8 Å². The van der Waals surface area contributed by atoms with Crippen LogP contribution in [0.25, 0.3) is 10.9 Å². The zero-order valence-corrected chi connectivity index (χ0v) is 25.5. The summed E-state index contributed by atoms with van der Waals surface area (Å²) in [6.45, 7) is 7.33. The molecule has 0 unspecified atom stereocenters. The Bertz CT molecular complexity index is 1450. The summed E-state index contributed by atoms with van der Waals surface area (Å²) in [7, 11) is -0.195. The predicted molar refractivity (Wildman–Crippen MR) is 169 cm³/mol. The number of methoxy groups -OCH3 is 1. The number of aromatic amines is 1. The minimum Gasteiger partial charge on any atom is -0.497 e. The molecule has 1 aliphatic heterocycles. The molecule has 4 atom stereocenters. The number of hydrogen-bond acceptors (Lipinski definition) is 4. The number of fused-ring (bicyclic) bond motifs is 1. The average Bonchev–Trinajstić information content (AvgIpc) is 3.53. The molecular weight excluding hydrogens is 528 g/mol. The van der Waals surface area contributed by atoms with E-state index in [-0.39, 0.29) is 24.7 Å². The molecule has 2 heterocycles. The molecule has 0 spiro atoms. The van der Waals surface area contributed by atoms with E-state index in [2.05, 4.69) is 66.7 Å². The van der Waals surface area contributed by atoms with Crippen LogP contribution in [0.4, 0.5) is 5.69 Å². The Hall–Kier alpha value is -3.39. The number of anilines is 1. The fraction of sp³-hybridized carbons (Fsp3) is 0.382. The van der Waals surface area contributed by atoms with Crippen molar-refractivity contribution in [1.82, 2.24) is 4.98 Å². The maximum Gasteiger partial charge on any atom is 0.228 e. The van der Waals surface area contributed by atoms with Gasteiger partial charge in [-0.15, -0.1) is 0 Å². The highest BCUT2D eigenvalue weighted by Gasteiger charge is 2.50. The molecule has 1 aromatic heterocycles. The topological polar surface area (TPSA) is 83.6 Å². The lowest BCUT2D eigenvalue weighted by molar-refractivity contribution is -0.115. The molecule has 1 fully saturated rings. The van der Waals surface area contributed by atoms with E-state index in [9.17, 15) is 9.90 Å². The van der Waals surface area contributed by atoms with Crippen LogP contribution < -0.4 is 15.2 Å². The van der Waals surface area contributed by atoms with Crippen LogP contribution in [-0.4, -0.2) is 50.0 Å². The second-order valence-corrected chi connectivity index (χ2v) is 16.6. The van der Waals surface area contributed by atoms with Crippen molar-refractivity contribution in [1.29, 1.82) is 0 Å². The maximum absolute atomic E-state index is 12.7. The molecule has 0 saturated carbocycles. The van der Waals surface area contributed by atoms with Crippen LogP contribution in [0.15, 0.2) is 79.0 Å². The van der Waals surface area contributed by atoms with Crippen molar-refractivity contribution in [3.05, 3.63) is 90.1 Å². The van der Waals surface area contributed by atoms with Gasteiger partial charge in [-0.3, -0.25) is 4.79 Å². The van der Waals surface area contributed by atoms with Gasteiger partial charge in [0.2, 0.25) is 5.91 Å². The molecule has 0 bridgehead atoms. The number of aliphatic hydroxyl groups excluding tert-OH is 1. The standard InChI is InChI=1S/C34H42N2O4Si/c1-23-31(40-32(19-20-37)34(23)41(3,4)28-16-14-27(39-2)15-17-28)18-11-24-9-12-26(13-10-24)36-33(38)21-25-22-35-30-8-6-5-7-29(25)30/h5-10,12-17,22-23,31-32,34-35,37H,11,18-21H2,1-4H3,(H,36,38)/t23-,31+,32-,34+/m1/s1. The zero-order chi connectivity index (χ0) is 29.0. The third kappa shape index (κ3) is 6.42. The highest BCUT2D eigenvalue weighted by Crippen LogP contribution is 2.46. The molecule has 1 amide bonds. The SMILES string of the molecule is COc1ccc([Si](C)(C)[C@H]2[C@H](C)[C@H](CCc3ccc(NC(=O)Cc4c[nH]c5ccccc45)cc3)O[C@@H]2CCO)cc1. The van der Waals surface area contributed by atoms with E-state index in [1.165, 1.54) is 10.8 Å². The Morgan fingerprint density at radius 3 is 2.44 bits per heavy atom. The first kappa shape index (κ1) is 29.1. The molecule has 0 aliphatic carbocycles. The molecule has 1 aliphatic rings. The monoisotopic (exact) mass is 570 g/mol. The van der Waals surface area contributed by atoms with Crippen LogP contribution in [0, 0.1) is 5.92 Å². The van der Waals surface area contributed by atoms with Gasteiger partial charge >= 0.3 is 0 Å². The van der Waals surface area contributed by atoms with E-state index in [0.29, 0.717) is 24.3 Å². The Labute approximate surface area is 244 Å². The number of hydrogen-bond donors (Lipinski definition) is 3. The molecule has 4 aromatic rings. The summed E-state index contributed by atoms with van der Waals surface area (Å²) in [4.78, 5) is 15.9. The average molecular weight is 571 g/mol. The van der Waals surface area contributed by atoms with Crippen molar-refractivity contribution < 1.29 is 19.4 Å². The van der Waals surface area contributed by atoms with E-state index >= 15 is 0 Å². The first-order valence-electron chi connectivity index (χ1n) is 14.6. The van der Waals surface area contributed by atoms with E-state index in [1.54, 1.807) is 7.11 Å². The minimum absolute atomic E-state index is 0.0275. The molecule has 7 heteroatoms. The van der Waals surface area contributed by atoms with E-state index < -0.39 is 8.07 Å². The molecule has 3 aromatic carbocycles. The van der Waals surface area contributed by atoms with E-state index in [4.69, 9.17) is 9.47 Å². The molecule has 0 radical (unpaired) electrons. The van der Waals surface area contributed by atoms with Gasteiger partial charge in [0.15, 0.2) is 0 Å². The van der Waals surface area contributed by atoms with Crippen LogP contribution in [-0.2, 0) is 22.4 Å². The summed E-state index contributed by atoms with van der Waals surface area (Å²) < 4.78 is 12.0. The van der Waals surface area contributed by atoms with Gasteiger partial charge in [-0.2, -0.15) is 0 Å².